The average molecular weight is 214 g/mol. The van der Waals surface area contributed by atoms with Gasteiger partial charge in [-0.15, -0.1) is 0 Å². The molecule has 84 valence electrons. The molecular formula is C15H18O. The first-order valence-corrected chi connectivity index (χ1v) is 5.78. The maximum absolute atomic E-state index is 11.8. The van der Waals surface area contributed by atoms with Crippen molar-refractivity contribution in [3.05, 3.63) is 41.0 Å². The van der Waals surface area contributed by atoms with Crippen LogP contribution in [0.5, 0.6) is 0 Å². The van der Waals surface area contributed by atoms with Gasteiger partial charge in [-0.1, -0.05) is 45.1 Å². The van der Waals surface area contributed by atoms with Gasteiger partial charge in [0.2, 0.25) is 0 Å². The van der Waals surface area contributed by atoms with Gasteiger partial charge in [-0.05, 0) is 29.0 Å². The van der Waals surface area contributed by atoms with E-state index in [4.69, 9.17) is 0 Å². The Bertz CT molecular complexity index is 447. The van der Waals surface area contributed by atoms with Crippen LogP contribution in [0.25, 0.3) is 6.08 Å². The molecule has 1 aliphatic rings. The zero-order valence-electron chi connectivity index (χ0n) is 10.2. The van der Waals surface area contributed by atoms with Crippen LogP contribution in [0.2, 0.25) is 0 Å². The second-order valence-corrected chi connectivity index (χ2v) is 5.69. The minimum absolute atomic E-state index is 0.244. The first-order chi connectivity index (χ1) is 7.46. The monoisotopic (exact) mass is 214 g/mol. The minimum atomic E-state index is 0.244. The topological polar surface area (TPSA) is 17.1 Å². The summed E-state index contributed by atoms with van der Waals surface area (Å²) in [5.74, 6) is 0.244. The number of carbonyl (C=O) groups excluding carboxylic acids is 1. The van der Waals surface area contributed by atoms with Crippen LogP contribution >= 0.6 is 0 Å². The molecule has 0 radical (unpaired) electrons. The molecule has 0 atom stereocenters. The van der Waals surface area contributed by atoms with Crippen LogP contribution in [-0.2, 0) is 6.42 Å². The average Bonchev–Trinajstić information content (AvgIpc) is 2.17. The van der Waals surface area contributed by atoms with Gasteiger partial charge in [-0.3, -0.25) is 4.79 Å². The van der Waals surface area contributed by atoms with Crippen LogP contribution in [-0.4, -0.2) is 5.78 Å². The first kappa shape index (κ1) is 11.1. The van der Waals surface area contributed by atoms with Gasteiger partial charge in [0.25, 0.3) is 0 Å². The van der Waals surface area contributed by atoms with Gasteiger partial charge in [0.1, 0.15) is 0 Å². The molecule has 0 N–H and O–H groups in total. The molecule has 0 saturated heterocycles. The Kier molecular flexibility index (Phi) is 2.71. The molecule has 2 rings (SSSR count). The molecule has 1 aromatic carbocycles. The fraction of sp³-hybridized carbons (Fsp3) is 0.400. The van der Waals surface area contributed by atoms with Crippen LogP contribution in [0, 0.1) is 5.41 Å². The fourth-order valence-electron chi connectivity index (χ4n) is 2.12. The molecule has 0 fully saturated rings. The first-order valence-electron chi connectivity index (χ1n) is 5.78. The second-order valence-electron chi connectivity index (χ2n) is 5.69. The lowest BCUT2D eigenvalue weighted by molar-refractivity contribution is 0.0994. The third-order valence-electron chi connectivity index (χ3n) is 2.75. The Labute approximate surface area is 97.2 Å². The molecule has 1 aliphatic carbocycles. The Morgan fingerprint density at radius 2 is 2.00 bits per heavy atom. The van der Waals surface area contributed by atoms with Crippen LogP contribution in [0.15, 0.2) is 24.3 Å². The summed E-state index contributed by atoms with van der Waals surface area (Å²) in [6.45, 7) is 6.65. The number of rotatable bonds is 1. The van der Waals surface area contributed by atoms with Crippen molar-refractivity contribution in [3.63, 3.8) is 0 Å². The molecule has 0 unspecified atom stereocenters. The standard InChI is InChI=1S/C15H18O/c1-15(2,3)10-11-7-8-12-5-4-6-14(16)13(12)9-11/h4-5,7-9H,6,10H2,1-3H3. The molecule has 1 heteroatoms. The van der Waals surface area contributed by atoms with Crippen molar-refractivity contribution in [2.45, 2.75) is 33.6 Å². The van der Waals surface area contributed by atoms with Crippen LogP contribution < -0.4 is 0 Å². The highest BCUT2D eigenvalue weighted by Crippen LogP contribution is 2.25. The zero-order chi connectivity index (χ0) is 11.8. The van der Waals surface area contributed by atoms with Crippen molar-refractivity contribution in [2.24, 2.45) is 5.41 Å². The van der Waals surface area contributed by atoms with E-state index in [1.807, 2.05) is 12.2 Å². The van der Waals surface area contributed by atoms with Crippen LogP contribution in [0.4, 0.5) is 0 Å². The number of hydrogen-bond donors (Lipinski definition) is 0. The van der Waals surface area contributed by atoms with E-state index in [0.717, 1.165) is 17.5 Å². The number of hydrogen-bond acceptors (Lipinski definition) is 1. The van der Waals surface area contributed by atoms with Gasteiger partial charge >= 0.3 is 0 Å². The van der Waals surface area contributed by atoms with E-state index < -0.39 is 0 Å². The number of benzene rings is 1. The lowest BCUT2D eigenvalue weighted by atomic mass is 9.85. The Morgan fingerprint density at radius 3 is 2.69 bits per heavy atom. The van der Waals surface area contributed by atoms with Crippen molar-refractivity contribution in [3.8, 4) is 0 Å². The van der Waals surface area contributed by atoms with Crippen molar-refractivity contribution >= 4 is 11.9 Å². The van der Waals surface area contributed by atoms with E-state index >= 15 is 0 Å². The molecule has 0 aliphatic heterocycles. The Balaban J connectivity index is 2.35. The summed E-state index contributed by atoms with van der Waals surface area (Å²) in [5, 5.41) is 0. The zero-order valence-corrected chi connectivity index (χ0v) is 10.2. The summed E-state index contributed by atoms with van der Waals surface area (Å²) in [5.41, 5.74) is 3.48. The molecule has 0 aromatic heterocycles. The number of allylic oxidation sites excluding steroid dienone is 1. The highest BCUT2D eigenvalue weighted by Gasteiger charge is 2.16. The quantitative estimate of drug-likeness (QED) is 0.693. The van der Waals surface area contributed by atoms with Gasteiger partial charge in [-0.25, -0.2) is 0 Å². The summed E-state index contributed by atoms with van der Waals surface area (Å²) in [6.07, 6.45) is 5.54. The molecule has 1 aromatic rings. The highest BCUT2D eigenvalue weighted by molar-refractivity contribution is 6.02. The molecule has 0 spiro atoms. The van der Waals surface area contributed by atoms with Crippen molar-refractivity contribution < 1.29 is 4.79 Å². The van der Waals surface area contributed by atoms with Gasteiger partial charge < -0.3 is 0 Å². The van der Waals surface area contributed by atoms with Gasteiger partial charge in [0, 0.05) is 12.0 Å². The minimum Gasteiger partial charge on any atom is -0.294 e. The smallest absolute Gasteiger partial charge is 0.167 e. The van der Waals surface area contributed by atoms with E-state index in [2.05, 4.69) is 39.0 Å². The third kappa shape index (κ3) is 2.41. The third-order valence-corrected chi connectivity index (χ3v) is 2.75. The lowest BCUT2D eigenvalue weighted by Gasteiger charge is -2.19. The molecule has 0 saturated carbocycles. The van der Waals surface area contributed by atoms with Gasteiger partial charge in [0.15, 0.2) is 5.78 Å². The van der Waals surface area contributed by atoms with Crippen LogP contribution in [0.1, 0.15) is 48.7 Å². The van der Waals surface area contributed by atoms with E-state index in [0.29, 0.717) is 6.42 Å². The maximum Gasteiger partial charge on any atom is 0.167 e. The SMILES string of the molecule is CC(C)(C)Cc1ccc2c(c1)C(=O)CC=C2. The number of carbonyl (C=O) groups is 1. The molecule has 16 heavy (non-hydrogen) atoms. The number of fused-ring (bicyclic) bond motifs is 1. The summed E-state index contributed by atoms with van der Waals surface area (Å²) in [6, 6.07) is 6.25. The van der Waals surface area contributed by atoms with Gasteiger partial charge in [0.05, 0.1) is 0 Å². The fourth-order valence-corrected chi connectivity index (χ4v) is 2.12. The van der Waals surface area contributed by atoms with Crippen LogP contribution in [0.3, 0.4) is 0 Å². The molecule has 0 amide bonds. The second kappa shape index (κ2) is 3.89. The van der Waals surface area contributed by atoms with E-state index in [1.165, 1.54) is 5.56 Å². The molecule has 0 heterocycles. The largest absolute Gasteiger partial charge is 0.294 e. The van der Waals surface area contributed by atoms with Gasteiger partial charge in [-0.2, -0.15) is 0 Å². The predicted octanol–water partition coefficient (Wildman–Crippen LogP) is 3.87. The number of Topliss-reactive ketones (excluding diaryl/α,β-unsaturated/α-hetero) is 1. The predicted molar refractivity (Wildman–Crippen MR) is 67.6 cm³/mol. The maximum atomic E-state index is 11.8. The number of ketones is 1. The molecular weight excluding hydrogens is 196 g/mol. The Hall–Kier alpha value is -1.37. The summed E-state index contributed by atoms with van der Waals surface area (Å²) in [7, 11) is 0. The van der Waals surface area contributed by atoms with Crippen molar-refractivity contribution in [1.29, 1.82) is 0 Å². The molecule has 0 bridgehead atoms. The summed E-state index contributed by atoms with van der Waals surface area (Å²) < 4.78 is 0. The summed E-state index contributed by atoms with van der Waals surface area (Å²) >= 11 is 0. The van der Waals surface area contributed by atoms with E-state index in [-0.39, 0.29) is 11.2 Å². The molecule has 1 nitrogen and oxygen atoms in total. The highest BCUT2D eigenvalue weighted by atomic mass is 16.1. The van der Waals surface area contributed by atoms with Crippen molar-refractivity contribution in [2.75, 3.05) is 0 Å². The van der Waals surface area contributed by atoms with E-state index in [1.54, 1.807) is 0 Å². The lowest BCUT2D eigenvalue weighted by Crippen LogP contribution is -2.11. The normalized spacial score (nSPS) is 15.1. The Morgan fingerprint density at radius 1 is 1.25 bits per heavy atom. The summed E-state index contributed by atoms with van der Waals surface area (Å²) in [4.78, 5) is 11.8. The van der Waals surface area contributed by atoms with Crippen molar-refractivity contribution in [1.82, 2.24) is 0 Å². The van der Waals surface area contributed by atoms with E-state index in [9.17, 15) is 4.79 Å².